The van der Waals surface area contributed by atoms with Gasteiger partial charge in [-0.15, -0.1) is 0 Å². The summed E-state index contributed by atoms with van der Waals surface area (Å²) in [5.74, 6) is -0.966. The molecule has 1 fully saturated rings. The first kappa shape index (κ1) is 21.4. The maximum Gasteiger partial charge on any atom is 0.338 e. The maximum atomic E-state index is 12.5. The highest BCUT2D eigenvalue weighted by atomic mass is 32.2. The van der Waals surface area contributed by atoms with Crippen LogP contribution >= 0.6 is 0 Å². The van der Waals surface area contributed by atoms with Crippen LogP contribution in [0.1, 0.15) is 56.8 Å². The lowest BCUT2D eigenvalue weighted by Gasteiger charge is -2.19. The minimum Gasteiger partial charge on any atom is -0.449 e. The van der Waals surface area contributed by atoms with Crippen molar-refractivity contribution in [2.75, 3.05) is 13.1 Å². The monoisotopic (exact) mass is 396 g/mol. The fraction of sp³-hybridized carbons (Fsp3) is 0.579. The molecule has 8 heteroatoms. The zero-order valence-corrected chi connectivity index (χ0v) is 16.9. The SMILES string of the molecule is CCN(CC)S(=O)(=O)c1ccc(C(=O)O[C@@H](C)C(=O)NC2CCCC2)cc1. The number of benzene rings is 1. The van der Waals surface area contributed by atoms with Crippen molar-refractivity contribution in [3.63, 3.8) is 0 Å². The summed E-state index contributed by atoms with van der Waals surface area (Å²) in [7, 11) is -3.58. The second-order valence-corrected chi connectivity index (χ2v) is 8.59. The molecule has 0 aliphatic heterocycles. The van der Waals surface area contributed by atoms with Gasteiger partial charge in [0.05, 0.1) is 10.5 Å². The van der Waals surface area contributed by atoms with Gasteiger partial charge in [-0.25, -0.2) is 13.2 Å². The normalized spacial score (nSPS) is 16.3. The Kier molecular flexibility index (Phi) is 7.38. The molecular formula is C19H28N2O5S. The van der Waals surface area contributed by atoms with Crippen LogP contribution in [0.2, 0.25) is 0 Å². The van der Waals surface area contributed by atoms with Crippen LogP contribution < -0.4 is 5.32 Å². The lowest BCUT2D eigenvalue weighted by molar-refractivity contribution is -0.129. The number of amides is 1. The molecule has 1 atom stereocenters. The fourth-order valence-electron chi connectivity index (χ4n) is 3.15. The van der Waals surface area contributed by atoms with E-state index in [4.69, 9.17) is 4.74 Å². The van der Waals surface area contributed by atoms with Crippen molar-refractivity contribution in [1.29, 1.82) is 0 Å². The summed E-state index contributed by atoms with van der Waals surface area (Å²) in [6.45, 7) is 5.81. The quantitative estimate of drug-likeness (QED) is 0.681. The molecule has 0 aromatic heterocycles. The van der Waals surface area contributed by atoms with Gasteiger partial charge in [-0.05, 0) is 44.0 Å². The highest BCUT2D eigenvalue weighted by Crippen LogP contribution is 2.19. The molecule has 1 aromatic rings. The van der Waals surface area contributed by atoms with Crippen LogP contribution in [-0.4, -0.2) is 49.8 Å². The molecule has 1 saturated carbocycles. The highest BCUT2D eigenvalue weighted by molar-refractivity contribution is 7.89. The number of carbonyl (C=O) groups excluding carboxylic acids is 2. The van der Waals surface area contributed by atoms with Gasteiger partial charge in [0, 0.05) is 19.1 Å². The first-order valence-corrected chi connectivity index (χ1v) is 10.8. The number of hydrogen-bond acceptors (Lipinski definition) is 5. The average molecular weight is 397 g/mol. The minimum atomic E-state index is -3.58. The van der Waals surface area contributed by atoms with Crippen molar-refractivity contribution in [3.8, 4) is 0 Å². The van der Waals surface area contributed by atoms with E-state index in [9.17, 15) is 18.0 Å². The Hall–Kier alpha value is -1.93. The Bertz CT molecular complexity index is 751. The van der Waals surface area contributed by atoms with Crippen molar-refractivity contribution >= 4 is 21.9 Å². The topological polar surface area (TPSA) is 92.8 Å². The van der Waals surface area contributed by atoms with Crippen LogP contribution in [0.25, 0.3) is 0 Å². The van der Waals surface area contributed by atoms with Crippen LogP contribution in [0.4, 0.5) is 0 Å². The molecule has 1 aromatic carbocycles. The number of ether oxygens (including phenoxy) is 1. The smallest absolute Gasteiger partial charge is 0.338 e. The standard InChI is InChI=1S/C19H28N2O5S/c1-4-21(5-2)27(24,25)17-12-10-15(11-13-17)19(23)26-14(3)18(22)20-16-8-6-7-9-16/h10-14,16H,4-9H2,1-3H3,(H,20,22)/t14-/m0/s1. The van der Waals surface area contributed by atoms with Gasteiger partial charge in [0.1, 0.15) is 0 Å². The van der Waals surface area contributed by atoms with Gasteiger partial charge >= 0.3 is 5.97 Å². The summed E-state index contributed by atoms with van der Waals surface area (Å²) in [6.07, 6.45) is 3.20. The summed E-state index contributed by atoms with van der Waals surface area (Å²) in [5.41, 5.74) is 0.203. The van der Waals surface area contributed by atoms with Gasteiger partial charge in [0.2, 0.25) is 10.0 Å². The third-order valence-corrected chi connectivity index (χ3v) is 6.85. The zero-order chi connectivity index (χ0) is 20.0. The molecular weight excluding hydrogens is 368 g/mol. The predicted octanol–water partition coefficient (Wildman–Crippen LogP) is 2.32. The first-order valence-electron chi connectivity index (χ1n) is 9.41. The summed E-state index contributed by atoms with van der Waals surface area (Å²) in [6, 6.07) is 5.73. The molecule has 1 aliphatic carbocycles. The summed E-state index contributed by atoms with van der Waals surface area (Å²) in [5, 5.41) is 2.89. The lowest BCUT2D eigenvalue weighted by Crippen LogP contribution is -2.40. The molecule has 2 rings (SSSR count). The van der Waals surface area contributed by atoms with E-state index in [0.717, 1.165) is 25.7 Å². The average Bonchev–Trinajstić information content (AvgIpc) is 3.15. The fourth-order valence-corrected chi connectivity index (χ4v) is 4.60. The lowest BCUT2D eigenvalue weighted by atomic mass is 10.2. The summed E-state index contributed by atoms with van der Waals surface area (Å²) in [4.78, 5) is 24.5. The first-order chi connectivity index (χ1) is 12.8. The Labute approximate surface area is 161 Å². The van der Waals surface area contributed by atoms with Gasteiger partial charge in [-0.2, -0.15) is 4.31 Å². The van der Waals surface area contributed by atoms with Crippen molar-refractivity contribution in [2.24, 2.45) is 0 Å². The molecule has 0 spiro atoms. The number of hydrogen-bond donors (Lipinski definition) is 1. The van der Waals surface area contributed by atoms with Crippen LogP contribution in [0, 0.1) is 0 Å². The number of sulfonamides is 1. The van der Waals surface area contributed by atoms with Gasteiger partial charge in [-0.1, -0.05) is 26.7 Å². The highest BCUT2D eigenvalue weighted by Gasteiger charge is 2.25. The molecule has 0 heterocycles. The number of rotatable bonds is 8. The predicted molar refractivity (Wildman–Crippen MR) is 102 cm³/mol. The van der Waals surface area contributed by atoms with Crippen LogP contribution in [0.5, 0.6) is 0 Å². The van der Waals surface area contributed by atoms with Gasteiger partial charge in [0.15, 0.2) is 6.10 Å². The Morgan fingerprint density at radius 2 is 1.70 bits per heavy atom. The van der Waals surface area contributed by atoms with Crippen LogP contribution in [0.15, 0.2) is 29.2 Å². The van der Waals surface area contributed by atoms with Crippen LogP contribution in [0.3, 0.4) is 0 Å². The Balaban J connectivity index is 1.99. The molecule has 0 saturated heterocycles. The molecule has 27 heavy (non-hydrogen) atoms. The summed E-state index contributed by atoms with van der Waals surface area (Å²) >= 11 is 0. The molecule has 1 N–H and O–H groups in total. The van der Waals surface area contributed by atoms with Crippen LogP contribution in [-0.2, 0) is 19.6 Å². The van der Waals surface area contributed by atoms with Gasteiger partial charge in [-0.3, -0.25) is 4.79 Å². The van der Waals surface area contributed by atoms with E-state index in [2.05, 4.69) is 5.32 Å². The Morgan fingerprint density at radius 1 is 1.15 bits per heavy atom. The third kappa shape index (κ3) is 5.29. The van der Waals surface area contributed by atoms with Crippen molar-refractivity contribution in [3.05, 3.63) is 29.8 Å². The van der Waals surface area contributed by atoms with E-state index >= 15 is 0 Å². The van der Waals surface area contributed by atoms with Gasteiger partial charge < -0.3 is 10.1 Å². The maximum absolute atomic E-state index is 12.5. The molecule has 0 bridgehead atoms. The molecule has 1 amide bonds. The van der Waals surface area contributed by atoms with Crippen molar-refractivity contribution < 1.29 is 22.7 Å². The number of nitrogens with one attached hydrogen (secondary N) is 1. The molecule has 0 unspecified atom stereocenters. The summed E-state index contributed by atoms with van der Waals surface area (Å²) < 4.78 is 31.5. The van der Waals surface area contributed by atoms with E-state index in [1.165, 1.54) is 35.5 Å². The molecule has 150 valence electrons. The number of carbonyl (C=O) groups is 2. The molecule has 0 radical (unpaired) electrons. The van der Waals surface area contributed by atoms with Crippen molar-refractivity contribution in [2.45, 2.75) is 63.5 Å². The number of esters is 1. The molecule has 7 nitrogen and oxygen atoms in total. The van der Waals surface area contributed by atoms with E-state index in [0.29, 0.717) is 13.1 Å². The van der Waals surface area contributed by atoms with E-state index in [1.807, 2.05) is 0 Å². The largest absolute Gasteiger partial charge is 0.449 e. The van der Waals surface area contributed by atoms with Gasteiger partial charge in [0.25, 0.3) is 5.91 Å². The van der Waals surface area contributed by atoms with Crippen molar-refractivity contribution in [1.82, 2.24) is 9.62 Å². The van der Waals surface area contributed by atoms with E-state index in [1.54, 1.807) is 13.8 Å². The van der Waals surface area contributed by atoms with E-state index in [-0.39, 0.29) is 22.4 Å². The third-order valence-electron chi connectivity index (χ3n) is 4.79. The molecule has 1 aliphatic rings. The minimum absolute atomic E-state index is 0.120. The number of nitrogens with zero attached hydrogens (tertiary/aromatic N) is 1. The zero-order valence-electron chi connectivity index (χ0n) is 16.1. The second-order valence-electron chi connectivity index (χ2n) is 6.65. The Morgan fingerprint density at radius 3 is 2.22 bits per heavy atom. The van der Waals surface area contributed by atoms with E-state index < -0.39 is 22.1 Å². The second kappa shape index (κ2) is 9.32.